The lowest BCUT2D eigenvalue weighted by Gasteiger charge is -2.26. The Morgan fingerprint density at radius 2 is 1.74 bits per heavy atom. The fourth-order valence-electron chi connectivity index (χ4n) is 4.35. The van der Waals surface area contributed by atoms with Crippen LogP contribution >= 0.6 is 11.6 Å². The smallest absolute Gasteiger partial charge is 0.162 e. The maximum atomic E-state index is 6.36. The number of hydrogen-bond acceptors (Lipinski definition) is 8. The lowest BCUT2D eigenvalue weighted by atomic mass is 10.1. The maximum absolute atomic E-state index is 6.36. The van der Waals surface area contributed by atoms with E-state index >= 15 is 0 Å². The molecule has 0 radical (unpaired) electrons. The van der Waals surface area contributed by atoms with Gasteiger partial charge in [-0.1, -0.05) is 11.6 Å². The van der Waals surface area contributed by atoms with Gasteiger partial charge in [0.2, 0.25) is 0 Å². The van der Waals surface area contributed by atoms with Gasteiger partial charge in [-0.25, -0.2) is 9.97 Å². The Kier molecular flexibility index (Phi) is 8.12. The van der Waals surface area contributed by atoms with Crippen molar-refractivity contribution in [2.75, 3.05) is 52.3 Å². The number of nitrogen functional groups attached to an aromatic ring is 1. The highest BCUT2D eigenvalue weighted by molar-refractivity contribution is 6.31. The standard InChI is InChI=1S/C29H31ClN4O4/c1-19-16-22(8-9-24(19)30)38-21-6-4-20(5-7-21)29-32-25-18-26(35-2)27(17-23(25)28(31)33-29)37-13-3-10-34-11-14-36-15-12-34/h4-9,16-18H,3,10-15H2,1-2H3,(H2,31,32,33). The summed E-state index contributed by atoms with van der Waals surface area (Å²) >= 11 is 6.11. The molecule has 9 heteroatoms. The summed E-state index contributed by atoms with van der Waals surface area (Å²) in [5, 5.41) is 1.42. The van der Waals surface area contributed by atoms with E-state index in [0.29, 0.717) is 46.0 Å². The summed E-state index contributed by atoms with van der Waals surface area (Å²) in [7, 11) is 1.62. The maximum Gasteiger partial charge on any atom is 0.162 e. The van der Waals surface area contributed by atoms with E-state index in [4.69, 9.17) is 41.3 Å². The van der Waals surface area contributed by atoms with E-state index in [9.17, 15) is 0 Å². The van der Waals surface area contributed by atoms with E-state index in [1.165, 1.54) is 0 Å². The number of ether oxygens (including phenoxy) is 4. The summed E-state index contributed by atoms with van der Waals surface area (Å²) in [5.74, 6) is 3.55. The number of benzene rings is 3. The van der Waals surface area contributed by atoms with Crippen molar-refractivity contribution in [1.29, 1.82) is 0 Å². The van der Waals surface area contributed by atoms with Gasteiger partial charge in [0.25, 0.3) is 0 Å². The molecule has 0 atom stereocenters. The van der Waals surface area contributed by atoms with Gasteiger partial charge in [0.15, 0.2) is 17.3 Å². The molecule has 1 aliphatic rings. The minimum Gasteiger partial charge on any atom is -0.493 e. The van der Waals surface area contributed by atoms with Crippen LogP contribution in [0.4, 0.5) is 5.82 Å². The molecule has 3 aromatic carbocycles. The SMILES string of the molecule is COc1cc2nc(-c3ccc(Oc4ccc(Cl)c(C)c4)cc3)nc(N)c2cc1OCCCN1CCOCC1. The number of nitrogens with two attached hydrogens (primary N) is 1. The molecule has 0 saturated carbocycles. The van der Waals surface area contributed by atoms with Crippen LogP contribution in [0.15, 0.2) is 54.6 Å². The zero-order valence-corrected chi connectivity index (χ0v) is 22.3. The molecule has 2 N–H and O–H groups in total. The normalized spacial score (nSPS) is 14.0. The summed E-state index contributed by atoms with van der Waals surface area (Å²) in [4.78, 5) is 11.7. The first-order chi connectivity index (χ1) is 18.5. The van der Waals surface area contributed by atoms with Gasteiger partial charge in [-0.3, -0.25) is 4.90 Å². The Balaban J connectivity index is 1.30. The first kappa shape index (κ1) is 26.0. The topological polar surface area (TPSA) is 92.0 Å². The molecule has 8 nitrogen and oxygen atoms in total. The van der Waals surface area contributed by atoms with Crippen LogP contribution in [0.2, 0.25) is 5.02 Å². The summed E-state index contributed by atoms with van der Waals surface area (Å²) in [6.07, 6.45) is 0.906. The van der Waals surface area contributed by atoms with Crippen molar-refractivity contribution in [3.63, 3.8) is 0 Å². The average molecular weight is 535 g/mol. The number of nitrogens with zero attached hydrogens (tertiary/aromatic N) is 3. The van der Waals surface area contributed by atoms with Gasteiger partial charge in [-0.05, 0) is 67.4 Å². The highest BCUT2D eigenvalue weighted by Crippen LogP contribution is 2.35. The molecule has 1 saturated heterocycles. The van der Waals surface area contributed by atoms with Gasteiger partial charge in [-0.2, -0.15) is 0 Å². The molecule has 0 spiro atoms. The van der Waals surface area contributed by atoms with Gasteiger partial charge in [0.05, 0.1) is 32.4 Å². The van der Waals surface area contributed by atoms with Crippen molar-refractivity contribution in [1.82, 2.24) is 14.9 Å². The average Bonchev–Trinajstić information content (AvgIpc) is 2.94. The fraction of sp³-hybridized carbons (Fsp3) is 0.310. The predicted molar refractivity (Wildman–Crippen MR) is 150 cm³/mol. The van der Waals surface area contributed by atoms with Crippen LogP contribution in [0.3, 0.4) is 0 Å². The number of methoxy groups -OCH3 is 1. The number of rotatable bonds is 9. The summed E-state index contributed by atoms with van der Waals surface area (Å²) < 4.78 is 23.0. The van der Waals surface area contributed by atoms with Crippen molar-refractivity contribution >= 4 is 28.3 Å². The summed E-state index contributed by atoms with van der Waals surface area (Å²) in [6.45, 7) is 7.00. The summed E-state index contributed by atoms with van der Waals surface area (Å²) in [6, 6.07) is 16.8. The van der Waals surface area contributed by atoms with E-state index in [0.717, 1.165) is 61.5 Å². The lowest BCUT2D eigenvalue weighted by Crippen LogP contribution is -2.37. The minimum absolute atomic E-state index is 0.378. The van der Waals surface area contributed by atoms with Crippen LogP contribution in [-0.2, 0) is 4.74 Å². The molecular weight excluding hydrogens is 504 g/mol. The Labute approximate surface area is 227 Å². The number of anilines is 1. The van der Waals surface area contributed by atoms with Crippen molar-refractivity contribution in [3.8, 4) is 34.4 Å². The van der Waals surface area contributed by atoms with Crippen molar-refractivity contribution in [3.05, 3.63) is 65.2 Å². The van der Waals surface area contributed by atoms with Gasteiger partial charge < -0.3 is 24.7 Å². The molecule has 0 amide bonds. The van der Waals surface area contributed by atoms with E-state index in [1.54, 1.807) is 7.11 Å². The van der Waals surface area contributed by atoms with E-state index < -0.39 is 0 Å². The second-order valence-electron chi connectivity index (χ2n) is 9.15. The van der Waals surface area contributed by atoms with Crippen LogP contribution in [0.5, 0.6) is 23.0 Å². The Hall–Kier alpha value is -3.59. The third-order valence-electron chi connectivity index (χ3n) is 6.47. The van der Waals surface area contributed by atoms with E-state index in [2.05, 4.69) is 9.88 Å². The molecule has 0 unspecified atom stereocenters. The first-order valence-electron chi connectivity index (χ1n) is 12.6. The zero-order chi connectivity index (χ0) is 26.5. The van der Waals surface area contributed by atoms with E-state index in [-0.39, 0.29) is 0 Å². The largest absolute Gasteiger partial charge is 0.493 e. The molecule has 1 aromatic heterocycles. The highest BCUT2D eigenvalue weighted by Gasteiger charge is 2.15. The third kappa shape index (κ3) is 6.10. The molecule has 198 valence electrons. The molecule has 38 heavy (non-hydrogen) atoms. The molecule has 5 rings (SSSR count). The number of fused-ring (bicyclic) bond motifs is 1. The Morgan fingerprint density at radius 1 is 0.974 bits per heavy atom. The molecule has 4 aromatic rings. The minimum atomic E-state index is 0.378. The Bertz CT molecular complexity index is 1410. The number of morpholine rings is 1. The van der Waals surface area contributed by atoms with Crippen LogP contribution in [0.1, 0.15) is 12.0 Å². The molecule has 1 aliphatic heterocycles. The zero-order valence-electron chi connectivity index (χ0n) is 21.6. The van der Waals surface area contributed by atoms with Gasteiger partial charge in [-0.15, -0.1) is 0 Å². The van der Waals surface area contributed by atoms with Crippen molar-refractivity contribution in [2.24, 2.45) is 0 Å². The number of aryl methyl sites for hydroxylation is 1. The molecule has 0 aliphatic carbocycles. The fourth-order valence-corrected chi connectivity index (χ4v) is 4.46. The number of aromatic nitrogens is 2. The van der Waals surface area contributed by atoms with Crippen molar-refractivity contribution in [2.45, 2.75) is 13.3 Å². The lowest BCUT2D eigenvalue weighted by molar-refractivity contribution is 0.0357. The van der Waals surface area contributed by atoms with Crippen LogP contribution in [0.25, 0.3) is 22.3 Å². The Morgan fingerprint density at radius 3 is 2.47 bits per heavy atom. The molecular formula is C29H31ClN4O4. The van der Waals surface area contributed by atoms with Crippen LogP contribution in [0, 0.1) is 6.92 Å². The van der Waals surface area contributed by atoms with Gasteiger partial charge >= 0.3 is 0 Å². The first-order valence-corrected chi connectivity index (χ1v) is 13.0. The molecule has 0 bridgehead atoms. The quantitative estimate of drug-likeness (QED) is 0.272. The van der Waals surface area contributed by atoms with Gasteiger partial charge in [0, 0.05) is 41.7 Å². The second-order valence-corrected chi connectivity index (χ2v) is 9.55. The van der Waals surface area contributed by atoms with Crippen LogP contribution in [-0.4, -0.2) is 61.4 Å². The number of hydrogen-bond donors (Lipinski definition) is 1. The monoisotopic (exact) mass is 534 g/mol. The van der Waals surface area contributed by atoms with E-state index in [1.807, 2.05) is 61.5 Å². The van der Waals surface area contributed by atoms with Crippen molar-refractivity contribution < 1.29 is 18.9 Å². The van der Waals surface area contributed by atoms with Gasteiger partial charge in [0.1, 0.15) is 17.3 Å². The molecule has 1 fully saturated rings. The van der Waals surface area contributed by atoms with Crippen LogP contribution < -0.4 is 19.9 Å². The second kappa shape index (κ2) is 11.9. The predicted octanol–water partition coefficient (Wildman–Crippen LogP) is 5.74. The molecule has 2 heterocycles. The number of halogens is 1. The summed E-state index contributed by atoms with van der Waals surface area (Å²) in [5.41, 5.74) is 8.82. The highest BCUT2D eigenvalue weighted by atomic mass is 35.5. The third-order valence-corrected chi connectivity index (χ3v) is 6.89.